The number of alkyl halides is 3. The highest BCUT2D eigenvalue weighted by molar-refractivity contribution is 5.94. The molecule has 1 aliphatic heterocycles. The van der Waals surface area contributed by atoms with Crippen LogP contribution in [0.4, 0.5) is 23.2 Å². The first-order valence-corrected chi connectivity index (χ1v) is 11.1. The van der Waals surface area contributed by atoms with Crippen molar-refractivity contribution in [3.63, 3.8) is 0 Å². The zero-order valence-corrected chi connectivity index (χ0v) is 19.5. The van der Waals surface area contributed by atoms with Gasteiger partial charge in [0.25, 0.3) is 5.91 Å². The van der Waals surface area contributed by atoms with Crippen LogP contribution in [0.5, 0.6) is 0 Å². The van der Waals surface area contributed by atoms with Crippen molar-refractivity contribution >= 4 is 23.5 Å². The Morgan fingerprint density at radius 1 is 1.08 bits per heavy atom. The van der Waals surface area contributed by atoms with E-state index in [0.29, 0.717) is 16.8 Å². The summed E-state index contributed by atoms with van der Waals surface area (Å²) in [5, 5.41) is 14.9. The van der Waals surface area contributed by atoms with E-state index in [-0.39, 0.29) is 17.9 Å². The van der Waals surface area contributed by atoms with Gasteiger partial charge in [0, 0.05) is 30.8 Å². The predicted molar refractivity (Wildman–Crippen MR) is 121 cm³/mol. The van der Waals surface area contributed by atoms with Gasteiger partial charge in [-0.2, -0.15) is 13.2 Å². The number of amides is 1. The Morgan fingerprint density at radius 3 is 2.32 bits per heavy atom. The van der Waals surface area contributed by atoms with Crippen molar-refractivity contribution in [2.24, 2.45) is 0 Å². The molecule has 0 spiro atoms. The molecule has 1 amide bonds. The second-order valence-corrected chi connectivity index (χ2v) is 8.03. The highest BCUT2D eigenvalue weighted by Crippen LogP contribution is 2.18. The van der Waals surface area contributed by atoms with Crippen LogP contribution in [0, 0.1) is 5.82 Å². The molecule has 0 aliphatic carbocycles. The van der Waals surface area contributed by atoms with E-state index < -0.39 is 18.0 Å². The summed E-state index contributed by atoms with van der Waals surface area (Å²) >= 11 is 0. The molecular weight excluding hydrogens is 496 g/mol. The van der Waals surface area contributed by atoms with Crippen molar-refractivity contribution in [1.29, 1.82) is 0 Å². The molecule has 2 aromatic heterocycles. The third kappa shape index (κ3) is 7.09. The first-order chi connectivity index (χ1) is 17.5. The van der Waals surface area contributed by atoms with Gasteiger partial charge in [-0.1, -0.05) is 0 Å². The fourth-order valence-corrected chi connectivity index (χ4v) is 3.51. The van der Waals surface area contributed by atoms with Gasteiger partial charge in [-0.15, -0.1) is 4.57 Å². The van der Waals surface area contributed by atoms with Gasteiger partial charge in [-0.3, -0.25) is 9.78 Å². The van der Waals surface area contributed by atoms with Crippen LogP contribution in [0.1, 0.15) is 51.5 Å². The van der Waals surface area contributed by atoms with E-state index in [4.69, 9.17) is 9.90 Å². The lowest BCUT2D eigenvalue weighted by Gasteiger charge is -2.15. The normalized spacial score (nSPS) is 13.2. The van der Waals surface area contributed by atoms with Gasteiger partial charge >= 0.3 is 12.1 Å². The van der Waals surface area contributed by atoms with E-state index in [2.05, 4.69) is 15.6 Å². The van der Waals surface area contributed by atoms with Crippen LogP contribution in [0.3, 0.4) is 0 Å². The summed E-state index contributed by atoms with van der Waals surface area (Å²) in [6.07, 6.45) is -0.0753. The quantitative estimate of drug-likeness (QED) is 0.405. The smallest absolute Gasteiger partial charge is 0.430 e. The number of aliphatic carboxylic acids is 1. The summed E-state index contributed by atoms with van der Waals surface area (Å²) in [5.74, 6) is -3.86. The standard InChI is InChI=1S/C23H21FN4O2.C2HF3O2/c1-15(27-22(29)16-6-9-18(24)10-7-16)19-11-8-17(14-26-19)23(30)28-13-3-4-20-21(28)5-2-12-25-20;3-2(4,5)1(6)7/h3-4,6-11,13-15,25H,2,5,12H2,1H3;(H,6,7). The first-order valence-electron chi connectivity index (χ1n) is 11.1. The number of carboxylic acid groups (broad SMARTS) is 1. The van der Waals surface area contributed by atoms with Crippen LogP contribution in [-0.2, 0) is 11.2 Å². The Morgan fingerprint density at radius 2 is 1.73 bits per heavy atom. The summed E-state index contributed by atoms with van der Waals surface area (Å²) in [6, 6.07) is 12.3. The molecule has 0 fully saturated rings. The summed E-state index contributed by atoms with van der Waals surface area (Å²) in [6.45, 7) is 2.71. The lowest BCUT2D eigenvalue weighted by Crippen LogP contribution is -2.47. The lowest BCUT2D eigenvalue weighted by molar-refractivity contribution is -0.578. The van der Waals surface area contributed by atoms with Gasteiger partial charge in [-0.25, -0.2) is 9.18 Å². The molecule has 3 heterocycles. The van der Waals surface area contributed by atoms with Gasteiger partial charge in [0.05, 0.1) is 11.7 Å². The van der Waals surface area contributed by atoms with Crippen molar-refractivity contribution in [3.8, 4) is 0 Å². The molecular formula is C25H22F4N4O4. The average molecular weight is 518 g/mol. The van der Waals surface area contributed by atoms with Gasteiger partial charge in [0.2, 0.25) is 5.69 Å². The maximum absolute atomic E-state index is 13.0. The fourth-order valence-electron chi connectivity index (χ4n) is 3.51. The molecule has 1 aromatic carbocycles. The summed E-state index contributed by atoms with van der Waals surface area (Å²) in [5.41, 5.74) is 3.43. The molecule has 0 saturated heterocycles. The zero-order chi connectivity index (χ0) is 27.2. The van der Waals surface area contributed by atoms with Crippen molar-refractivity contribution in [3.05, 3.63) is 89.3 Å². The lowest BCUT2D eigenvalue weighted by atomic mass is 10.1. The number of nitrogens with one attached hydrogen (secondary N) is 2. The molecule has 194 valence electrons. The molecule has 1 aliphatic rings. The van der Waals surface area contributed by atoms with Gasteiger partial charge < -0.3 is 20.5 Å². The van der Waals surface area contributed by atoms with Crippen LogP contribution in [0.25, 0.3) is 0 Å². The molecule has 4 rings (SSSR count). The maximum atomic E-state index is 13.0. The van der Waals surface area contributed by atoms with Crippen molar-refractivity contribution in [2.45, 2.75) is 32.0 Å². The van der Waals surface area contributed by atoms with E-state index in [1.165, 1.54) is 30.5 Å². The minimum atomic E-state index is -5.19. The van der Waals surface area contributed by atoms with Crippen LogP contribution in [0.15, 0.2) is 60.9 Å². The number of carbonyl (C=O) groups excluding carboxylic acids is 3. The largest absolute Gasteiger partial charge is 0.542 e. The molecule has 0 radical (unpaired) electrons. The molecule has 12 heteroatoms. The summed E-state index contributed by atoms with van der Waals surface area (Å²) in [4.78, 5) is 38.5. The van der Waals surface area contributed by atoms with Crippen molar-refractivity contribution in [1.82, 2.24) is 10.3 Å². The highest BCUT2D eigenvalue weighted by atomic mass is 19.4. The van der Waals surface area contributed by atoms with Crippen LogP contribution in [0.2, 0.25) is 0 Å². The number of rotatable bonds is 4. The number of hydrogen-bond donors (Lipinski definition) is 2. The number of carboxylic acids is 1. The number of fused-ring (bicyclic) bond motifs is 1. The monoisotopic (exact) mass is 518 g/mol. The van der Waals surface area contributed by atoms with Crippen LogP contribution < -0.4 is 20.3 Å². The Hall–Kier alpha value is -4.35. The van der Waals surface area contributed by atoms with E-state index >= 15 is 0 Å². The zero-order valence-electron chi connectivity index (χ0n) is 19.5. The number of halogens is 4. The minimum absolute atomic E-state index is 0.141. The van der Waals surface area contributed by atoms with E-state index in [9.17, 15) is 27.2 Å². The maximum Gasteiger partial charge on any atom is 0.430 e. The Labute approximate surface area is 209 Å². The summed E-state index contributed by atoms with van der Waals surface area (Å²) in [7, 11) is 0. The molecule has 1 unspecified atom stereocenters. The van der Waals surface area contributed by atoms with Gasteiger partial charge in [-0.05, 0) is 55.8 Å². The average Bonchev–Trinajstić information content (AvgIpc) is 2.88. The minimum Gasteiger partial charge on any atom is -0.542 e. The highest BCUT2D eigenvalue weighted by Gasteiger charge is 2.29. The molecule has 37 heavy (non-hydrogen) atoms. The number of carbonyl (C=O) groups is 3. The van der Waals surface area contributed by atoms with Crippen molar-refractivity contribution in [2.75, 3.05) is 11.9 Å². The molecule has 0 bridgehead atoms. The third-order valence-corrected chi connectivity index (χ3v) is 5.39. The van der Waals surface area contributed by atoms with E-state index in [1.807, 2.05) is 12.1 Å². The number of benzene rings is 1. The van der Waals surface area contributed by atoms with Crippen molar-refractivity contribution < 1.29 is 41.6 Å². The fraction of sp³-hybridized carbons (Fsp3) is 0.240. The van der Waals surface area contributed by atoms with Gasteiger partial charge in [0.1, 0.15) is 23.0 Å². The molecule has 8 nitrogen and oxygen atoms in total. The van der Waals surface area contributed by atoms with E-state index in [0.717, 1.165) is 30.8 Å². The van der Waals surface area contributed by atoms with E-state index in [1.54, 1.807) is 29.8 Å². The Balaban J connectivity index is 0.000000479. The topological polar surface area (TPSA) is 115 Å². The van der Waals surface area contributed by atoms with Crippen LogP contribution >= 0.6 is 0 Å². The van der Waals surface area contributed by atoms with Gasteiger partial charge in [0.15, 0.2) is 6.20 Å². The Bertz CT molecular complexity index is 1280. The number of nitrogens with zero attached hydrogens (tertiary/aromatic N) is 2. The molecule has 0 saturated carbocycles. The number of anilines is 1. The molecule has 1 atom stereocenters. The van der Waals surface area contributed by atoms with Crippen LogP contribution in [-0.4, -0.2) is 35.5 Å². The third-order valence-electron chi connectivity index (χ3n) is 5.39. The first kappa shape index (κ1) is 27.2. The number of aromatic nitrogens is 2. The Kier molecular flexibility index (Phi) is 8.53. The predicted octanol–water partition coefficient (Wildman–Crippen LogP) is 2.34. The number of pyridine rings is 2. The molecule has 3 aromatic rings. The summed E-state index contributed by atoms with van der Waals surface area (Å²) < 4.78 is 46.2. The second-order valence-electron chi connectivity index (χ2n) is 8.03. The molecule has 2 N–H and O–H groups in total. The second kappa shape index (κ2) is 11.6. The SMILES string of the molecule is CC(NC(=O)c1ccc(F)cc1)c1ccc(C(=O)[n+]2cccc3c2CCCN3)cn1.O=C([O-])C(F)(F)F. The number of hydrogen-bond acceptors (Lipinski definition) is 6.